The summed E-state index contributed by atoms with van der Waals surface area (Å²) in [5, 5.41) is 9.49. The number of nitrogens with one attached hydrogen (secondary N) is 1. The first-order valence-corrected chi connectivity index (χ1v) is 10.8. The lowest BCUT2D eigenvalue weighted by atomic mass is 10.1. The fourth-order valence-corrected chi connectivity index (χ4v) is 4.15. The van der Waals surface area contributed by atoms with E-state index in [1.165, 1.54) is 28.1 Å². The molecule has 4 heterocycles. The third-order valence-electron chi connectivity index (χ3n) is 5.06. The van der Waals surface area contributed by atoms with Gasteiger partial charge in [0.25, 0.3) is 5.91 Å². The van der Waals surface area contributed by atoms with Gasteiger partial charge in [0.05, 0.1) is 30.8 Å². The van der Waals surface area contributed by atoms with Gasteiger partial charge in [-0.3, -0.25) is 15.0 Å². The highest BCUT2D eigenvalue weighted by molar-refractivity contribution is 7.13. The Hall–Kier alpha value is -3.28. The normalized spacial score (nSPS) is 14.7. The van der Waals surface area contributed by atoms with Crippen LogP contribution in [0.25, 0.3) is 16.9 Å². The molecular weight excluding hydrogens is 438 g/mol. The van der Waals surface area contributed by atoms with Gasteiger partial charge in [-0.2, -0.15) is 5.10 Å². The molecule has 5 rings (SSSR count). The fourth-order valence-electron chi connectivity index (χ4n) is 3.46. The molecule has 1 N–H and O–H groups in total. The first-order chi connectivity index (χ1) is 15.6. The van der Waals surface area contributed by atoms with E-state index < -0.39 is 17.5 Å². The van der Waals surface area contributed by atoms with E-state index in [4.69, 9.17) is 4.74 Å². The van der Waals surface area contributed by atoms with Crippen LogP contribution in [0.2, 0.25) is 0 Å². The van der Waals surface area contributed by atoms with Gasteiger partial charge in [-0.15, -0.1) is 11.3 Å². The summed E-state index contributed by atoms with van der Waals surface area (Å²) >= 11 is 1.34. The third kappa shape index (κ3) is 4.22. The number of carbonyl (C=O) groups is 1. The number of nitrogens with zero attached hydrogens (tertiary/aromatic N) is 5. The molecule has 0 unspecified atom stereocenters. The minimum atomic E-state index is -0.737. The number of ether oxygens (including phenoxy) is 1. The summed E-state index contributed by atoms with van der Waals surface area (Å²) in [7, 11) is 0. The second-order valence-corrected chi connectivity index (χ2v) is 8.10. The highest BCUT2D eigenvalue weighted by atomic mass is 32.1. The van der Waals surface area contributed by atoms with Crippen LogP contribution in [0.5, 0.6) is 0 Å². The molecule has 164 valence electrons. The Labute approximate surface area is 185 Å². The number of thiazole rings is 1. The first-order valence-electron chi connectivity index (χ1n) is 9.93. The molecule has 0 atom stereocenters. The van der Waals surface area contributed by atoms with Gasteiger partial charge >= 0.3 is 0 Å². The minimum Gasteiger partial charge on any atom is -0.379 e. The zero-order valence-corrected chi connectivity index (χ0v) is 17.6. The van der Waals surface area contributed by atoms with Crippen LogP contribution in [0.1, 0.15) is 16.2 Å². The minimum absolute atomic E-state index is 0.126. The van der Waals surface area contributed by atoms with E-state index in [1.807, 2.05) is 5.38 Å². The van der Waals surface area contributed by atoms with Gasteiger partial charge in [0.15, 0.2) is 16.5 Å². The van der Waals surface area contributed by atoms with Crippen molar-refractivity contribution in [2.75, 3.05) is 31.6 Å². The Balaban J connectivity index is 1.36. The van der Waals surface area contributed by atoms with Crippen LogP contribution < -0.4 is 5.32 Å². The molecule has 4 aromatic rings. The molecular formula is C21H18F2N6O2S. The van der Waals surface area contributed by atoms with Crippen LogP contribution in [0.4, 0.5) is 13.9 Å². The quantitative estimate of drug-likeness (QED) is 0.497. The highest BCUT2D eigenvalue weighted by Crippen LogP contribution is 2.23. The topological polar surface area (TPSA) is 84.7 Å². The molecule has 0 radical (unpaired) electrons. The maximum Gasteiger partial charge on any atom is 0.277 e. The SMILES string of the molecule is O=C(Nc1nc(CN2CCOCC2)cs1)c1cnc2ccc(-c3ccc(F)cc3F)nn12. The second-order valence-electron chi connectivity index (χ2n) is 7.24. The molecule has 8 nitrogen and oxygen atoms in total. The largest absolute Gasteiger partial charge is 0.379 e. The molecule has 1 aliphatic rings. The van der Waals surface area contributed by atoms with Gasteiger partial charge in [0, 0.05) is 36.6 Å². The molecule has 0 spiro atoms. The number of imidazole rings is 1. The lowest BCUT2D eigenvalue weighted by molar-refractivity contribution is 0.0337. The van der Waals surface area contributed by atoms with Crippen LogP contribution in [0.15, 0.2) is 41.9 Å². The number of hydrogen-bond acceptors (Lipinski definition) is 7. The summed E-state index contributed by atoms with van der Waals surface area (Å²) in [4.78, 5) is 23.8. The molecule has 0 bridgehead atoms. The predicted octanol–water partition coefficient (Wildman–Crippen LogP) is 3.22. The summed E-state index contributed by atoms with van der Waals surface area (Å²) in [6, 6.07) is 6.44. The molecule has 1 aliphatic heterocycles. The van der Waals surface area contributed by atoms with Crippen LogP contribution >= 0.6 is 11.3 Å². The van der Waals surface area contributed by atoms with E-state index in [0.29, 0.717) is 30.5 Å². The average Bonchev–Trinajstić information content (AvgIpc) is 3.40. The Morgan fingerprint density at radius 1 is 1.19 bits per heavy atom. The molecule has 3 aromatic heterocycles. The number of aromatic nitrogens is 4. The van der Waals surface area contributed by atoms with Crippen molar-refractivity contribution < 1.29 is 18.3 Å². The second kappa shape index (κ2) is 8.69. The van der Waals surface area contributed by atoms with E-state index in [0.717, 1.165) is 30.9 Å². The molecule has 32 heavy (non-hydrogen) atoms. The number of morpholine rings is 1. The zero-order chi connectivity index (χ0) is 22.1. The standard InChI is InChI=1S/C21H18F2N6O2S/c22-13-1-2-15(16(23)9-13)17-3-4-19-24-10-18(29(19)27-17)20(30)26-21-25-14(12-32-21)11-28-5-7-31-8-6-28/h1-4,9-10,12H,5-8,11H2,(H,25,26,30). The summed E-state index contributed by atoms with van der Waals surface area (Å²) in [6.45, 7) is 3.81. The summed E-state index contributed by atoms with van der Waals surface area (Å²) in [5.41, 5.74) is 1.85. The number of fused-ring (bicyclic) bond motifs is 1. The van der Waals surface area contributed by atoms with Crippen LogP contribution in [-0.2, 0) is 11.3 Å². The van der Waals surface area contributed by atoms with Crippen LogP contribution in [-0.4, -0.2) is 56.7 Å². The Morgan fingerprint density at radius 3 is 2.84 bits per heavy atom. The van der Waals surface area contributed by atoms with Gasteiger partial charge in [0.2, 0.25) is 0 Å². The number of anilines is 1. The molecule has 1 aromatic carbocycles. The Morgan fingerprint density at radius 2 is 2.03 bits per heavy atom. The maximum absolute atomic E-state index is 14.2. The van der Waals surface area contributed by atoms with Crippen molar-refractivity contribution in [1.29, 1.82) is 0 Å². The van der Waals surface area contributed by atoms with Gasteiger partial charge < -0.3 is 4.74 Å². The Kier molecular flexibility index (Phi) is 5.60. The number of rotatable bonds is 5. The average molecular weight is 456 g/mol. The molecule has 0 saturated carbocycles. The van der Waals surface area contributed by atoms with Crippen molar-refractivity contribution in [3.05, 3.63) is 64.9 Å². The monoisotopic (exact) mass is 456 g/mol. The zero-order valence-electron chi connectivity index (χ0n) is 16.8. The molecule has 1 amide bonds. The third-order valence-corrected chi connectivity index (χ3v) is 5.87. The Bertz CT molecular complexity index is 1280. The van der Waals surface area contributed by atoms with Crippen LogP contribution in [0, 0.1) is 11.6 Å². The van der Waals surface area contributed by atoms with Gasteiger partial charge in [-0.25, -0.2) is 23.3 Å². The van der Waals surface area contributed by atoms with Gasteiger partial charge in [-0.1, -0.05) is 0 Å². The van der Waals surface area contributed by atoms with E-state index >= 15 is 0 Å². The lowest BCUT2D eigenvalue weighted by Crippen LogP contribution is -2.35. The number of benzene rings is 1. The number of hydrogen-bond donors (Lipinski definition) is 1. The maximum atomic E-state index is 14.2. The summed E-state index contributed by atoms with van der Waals surface area (Å²) in [5.74, 6) is -1.85. The fraction of sp³-hybridized carbons (Fsp3) is 0.238. The van der Waals surface area contributed by atoms with Gasteiger partial charge in [0.1, 0.15) is 11.6 Å². The number of carbonyl (C=O) groups excluding carboxylic acids is 1. The van der Waals surface area contributed by atoms with E-state index in [2.05, 4.69) is 25.3 Å². The molecule has 1 saturated heterocycles. The smallest absolute Gasteiger partial charge is 0.277 e. The highest BCUT2D eigenvalue weighted by Gasteiger charge is 2.18. The van der Waals surface area contributed by atoms with Crippen molar-refractivity contribution in [1.82, 2.24) is 24.5 Å². The number of halogens is 2. The van der Waals surface area contributed by atoms with Crippen LogP contribution in [0.3, 0.4) is 0 Å². The van der Waals surface area contributed by atoms with E-state index in [9.17, 15) is 13.6 Å². The van der Waals surface area contributed by atoms with E-state index in [1.54, 1.807) is 12.1 Å². The van der Waals surface area contributed by atoms with Crippen molar-refractivity contribution in [3.8, 4) is 11.3 Å². The van der Waals surface area contributed by atoms with Crippen molar-refractivity contribution in [3.63, 3.8) is 0 Å². The predicted molar refractivity (Wildman–Crippen MR) is 115 cm³/mol. The lowest BCUT2D eigenvalue weighted by Gasteiger charge is -2.25. The summed E-state index contributed by atoms with van der Waals surface area (Å²) in [6.07, 6.45) is 1.39. The summed E-state index contributed by atoms with van der Waals surface area (Å²) < 4.78 is 34.1. The van der Waals surface area contributed by atoms with E-state index in [-0.39, 0.29) is 17.0 Å². The molecule has 0 aliphatic carbocycles. The first kappa shape index (κ1) is 20.6. The number of amides is 1. The molecule has 1 fully saturated rings. The van der Waals surface area contributed by atoms with Crippen molar-refractivity contribution >= 4 is 28.0 Å². The van der Waals surface area contributed by atoms with Crippen molar-refractivity contribution in [2.24, 2.45) is 0 Å². The van der Waals surface area contributed by atoms with Crippen molar-refractivity contribution in [2.45, 2.75) is 6.54 Å². The molecule has 11 heteroatoms. The van der Waals surface area contributed by atoms with Gasteiger partial charge in [-0.05, 0) is 24.3 Å².